The van der Waals surface area contributed by atoms with Gasteiger partial charge >= 0.3 is 5.97 Å². The molecule has 1 amide bonds. The van der Waals surface area contributed by atoms with E-state index >= 15 is 0 Å². The van der Waals surface area contributed by atoms with Crippen molar-refractivity contribution < 1.29 is 24.2 Å². The number of carbonyl (C=O) groups is 3. The fourth-order valence-electron chi connectivity index (χ4n) is 2.09. The summed E-state index contributed by atoms with van der Waals surface area (Å²) in [6.45, 7) is 2.19. The van der Waals surface area contributed by atoms with Gasteiger partial charge in [-0.05, 0) is 37.6 Å². The maximum atomic E-state index is 11.8. The molecule has 1 aromatic carbocycles. The van der Waals surface area contributed by atoms with E-state index in [1.165, 1.54) is 13.0 Å². The van der Waals surface area contributed by atoms with Crippen LogP contribution < -0.4 is 10.1 Å². The molecule has 0 atom stereocenters. The van der Waals surface area contributed by atoms with Gasteiger partial charge in [0.05, 0.1) is 13.2 Å². The molecule has 2 N–H and O–H groups in total. The Kier molecular flexibility index (Phi) is 6.71. The Morgan fingerprint density at radius 1 is 1.20 bits per heavy atom. The number of hydrogen-bond acceptors (Lipinski definition) is 5. The highest BCUT2D eigenvalue weighted by atomic mass is 32.1. The topological polar surface area (TPSA) is 92.7 Å². The Hall–Kier alpha value is -2.67. The molecule has 0 aliphatic carbocycles. The lowest BCUT2D eigenvalue weighted by Gasteiger charge is -2.07. The smallest absolute Gasteiger partial charge is 0.345 e. The van der Waals surface area contributed by atoms with Crippen molar-refractivity contribution in [1.82, 2.24) is 5.32 Å². The summed E-state index contributed by atoms with van der Waals surface area (Å²) in [7, 11) is 0. The van der Waals surface area contributed by atoms with Crippen LogP contribution in [0.15, 0.2) is 36.4 Å². The van der Waals surface area contributed by atoms with E-state index in [1.807, 2.05) is 0 Å². The molecule has 132 valence electrons. The second-order valence-corrected chi connectivity index (χ2v) is 6.55. The number of ether oxygens (including phenoxy) is 1. The van der Waals surface area contributed by atoms with Crippen molar-refractivity contribution in [3.8, 4) is 5.75 Å². The zero-order valence-corrected chi connectivity index (χ0v) is 14.6. The molecule has 0 bridgehead atoms. The number of carboxylic acids is 1. The van der Waals surface area contributed by atoms with E-state index in [-0.39, 0.29) is 16.6 Å². The van der Waals surface area contributed by atoms with Crippen LogP contribution in [0, 0.1) is 0 Å². The third-order valence-electron chi connectivity index (χ3n) is 3.39. The molecule has 6 nitrogen and oxygen atoms in total. The highest BCUT2D eigenvalue weighted by Gasteiger charge is 2.08. The van der Waals surface area contributed by atoms with Crippen LogP contribution in [-0.2, 0) is 11.3 Å². The first-order chi connectivity index (χ1) is 12.0. The van der Waals surface area contributed by atoms with Gasteiger partial charge < -0.3 is 15.2 Å². The summed E-state index contributed by atoms with van der Waals surface area (Å²) in [6, 6.07) is 10.1. The zero-order chi connectivity index (χ0) is 18.2. The summed E-state index contributed by atoms with van der Waals surface area (Å²) >= 11 is 1.15. The molecule has 1 aromatic heterocycles. The Labute approximate surface area is 149 Å². The maximum absolute atomic E-state index is 11.8. The van der Waals surface area contributed by atoms with Crippen LogP contribution in [0.25, 0.3) is 0 Å². The predicted octanol–water partition coefficient (Wildman–Crippen LogP) is 3.12. The molecule has 2 rings (SSSR count). The first-order valence-electron chi connectivity index (χ1n) is 7.78. The number of aromatic carboxylic acids is 1. The van der Waals surface area contributed by atoms with E-state index in [2.05, 4.69) is 5.32 Å². The van der Waals surface area contributed by atoms with E-state index in [0.717, 1.165) is 16.2 Å². The Balaban J connectivity index is 1.67. The molecule has 0 spiro atoms. The van der Waals surface area contributed by atoms with Crippen molar-refractivity contribution in [3.63, 3.8) is 0 Å². The van der Waals surface area contributed by atoms with E-state index in [0.29, 0.717) is 37.3 Å². The van der Waals surface area contributed by atoms with Gasteiger partial charge in [-0.3, -0.25) is 9.59 Å². The summed E-state index contributed by atoms with van der Waals surface area (Å²) in [4.78, 5) is 34.9. The third kappa shape index (κ3) is 6.04. The summed E-state index contributed by atoms with van der Waals surface area (Å²) in [6.07, 6.45) is 0.852. The SMILES string of the molecule is CC(=O)c1cccc(OCCCC(=O)NCc2ccc(C(=O)O)s2)c1. The minimum absolute atomic E-state index is 0.0236. The number of carbonyl (C=O) groups excluding carboxylic acids is 2. The molecule has 0 saturated carbocycles. The molecule has 1 heterocycles. The molecular formula is C18H19NO5S. The molecule has 0 fully saturated rings. The molecule has 0 aliphatic heterocycles. The molecule has 0 unspecified atom stereocenters. The lowest BCUT2D eigenvalue weighted by molar-refractivity contribution is -0.121. The number of carboxylic acid groups (broad SMARTS) is 1. The van der Waals surface area contributed by atoms with Crippen molar-refractivity contribution in [2.75, 3.05) is 6.61 Å². The van der Waals surface area contributed by atoms with Crippen molar-refractivity contribution >= 4 is 29.0 Å². The van der Waals surface area contributed by atoms with E-state index in [1.54, 1.807) is 30.3 Å². The molecule has 0 saturated heterocycles. The minimum Gasteiger partial charge on any atom is -0.494 e. The predicted molar refractivity (Wildman–Crippen MR) is 94.3 cm³/mol. The largest absolute Gasteiger partial charge is 0.494 e. The van der Waals surface area contributed by atoms with Gasteiger partial charge in [-0.15, -0.1) is 11.3 Å². The van der Waals surface area contributed by atoms with Crippen LogP contribution in [0.2, 0.25) is 0 Å². The van der Waals surface area contributed by atoms with Gasteiger partial charge in [0.25, 0.3) is 0 Å². The van der Waals surface area contributed by atoms with Crippen LogP contribution in [0.1, 0.15) is 44.7 Å². The fraction of sp³-hybridized carbons (Fsp3) is 0.278. The van der Waals surface area contributed by atoms with Crippen molar-refractivity contribution in [1.29, 1.82) is 0 Å². The first kappa shape index (κ1) is 18.7. The number of ketones is 1. The third-order valence-corrected chi connectivity index (χ3v) is 4.46. The van der Waals surface area contributed by atoms with Crippen LogP contribution in [0.5, 0.6) is 5.75 Å². The highest BCUT2D eigenvalue weighted by molar-refractivity contribution is 7.13. The Bertz CT molecular complexity index is 768. The van der Waals surface area contributed by atoms with Crippen LogP contribution in [-0.4, -0.2) is 29.4 Å². The summed E-state index contributed by atoms with van der Waals surface area (Å²) < 4.78 is 5.54. The van der Waals surface area contributed by atoms with Crippen molar-refractivity contribution in [2.24, 2.45) is 0 Å². The highest BCUT2D eigenvalue weighted by Crippen LogP contribution is 2.16. The monoisotopic (exact) mass is 361 g/mol. The van der Waals surface area contributed by atoms with Crippen LogP contribution in [0.3, 0.4) is 0 Å². The van der Waals surface area contributed by atoms with Gasteiger partial charge in [-0.1, -0.05) is 12.1 Å². The standard InChI is InChI=1S/C18H19NO5S/c1-12(20)13-4-2-5-14(10-13)24-9-3-6-17(21)19-11-15-7-8-16(25-15)18(22)23/h2,4-5,7-8,10H,3,6,9,11H2,1H3,(H,19,21)(H,22,23). The Morgan fingerprint density at radius 2 is 2.00 bits per heavy atom. The average molecular weight is 361 g/mol. The number of amides is 1. The average Bonchev–Trinajstić information content (AvgIpc) is 3.06. The molecule has 2 aromatic rings. The van der Waals surface area contributed by atoms with Crippen LogP contribution in [0.4, 0.5) is 0 Å². The second kappa shape index (κ2) is 8.98. The minimum atomic E-state index is -0.964. The van der Waals surface area contributed by atoms with E-state index < -0.39 is 5.97 Å². The molecule has 0 aliphatic rings. The van der Waals surface area contributed by atoms with Gasteiger partial charge in [-0.25, -0.2) is 4.79 Å². The van der Waals surface area contributed by atoms with E-state index in [9.17, 15) is 14.4 Å². The quantitative estimate of drug-likeness (QED) is 0.529. The summed E-state index contributed by atoms with van der Waals surface area (Å²) in [5.41, 5.74) is 0.590. The molecule has 7 heteroatoms. The number of benzene rings is 1. The molecule has 0 radical (unpaired) electrons. The fourth-order valence-corrected chi connectivity index (χ4v) is 2.88. The van der Waals surface area contributed by atoms with Crippen LogP contribution >= 0.6 is 11.3 Å². The molecular weight excluding hydrogens is 342 g/mol. The number of Topliss-reactive ketones (excluding diaryl/α,β-unsaturated/α-hetero) is 1. The summed E-state index contributed by atoms with van der Waals surface area (Å²) in [5, 5.41) is 11.6. The van der Waals surface area contributed by atoms with E-state index in [4.69, 9.17) is 9.84 Å². The van der Waals surface area contributed by atoms with Gasteiger partial charge in [-0.2, -0.15) is 0 Å². The maximum Gasteiger partial charge on any atom is 0.345 e. The normalized spacial score (nSPS) is 10.3. The molecule has 25 heavy (non-hydrogen) atoms. The second-order valence-electron chi connectivity index (χ2n) is 5.38. The number of rotatable bonds is 9. The zero-order valence-electron chi connectivity index (χ0n) is 13.8. The number of nitrogens with one attached hydrogen (secondary N) is 1. The lowest BCUT2D eigenvalue weighted by atomic mass is 10.1. The van der Waals surface area contributed by atoms with Crippen molar-refractivity contribution in [2.45, 2.75) is 26.3 Å². The van der Waals surface area contributed by atoms with Gasteiger partial charge in [0.15, 0.2) is 5.78 Å². The number of hydrogen-bond donors (Lipinski definition) is 2. The van der Waals surface area contributed by atoms with Crippen molar-refractivity contribution in [3.05, 3.63) is 51.7 Å². The van der Waals surface area contributed by atoms with Gasteiger partial charge in [0.1, 0.15) is 10.6 Å². The van der Waals surface area contributed by atoms with Gasteiger partial charge in [0.2, 0.25) is 5.91 Å². The number of thiophene rings is 1. The Morgan fingerprint density at radius 3 is 2.68 bits per heavy atom. The van der Waals surface area contributed by atoms with Gasteiger partial charge in [0, 0.05) is 16.9 Å². The lowest BCUT2D eigenvalue weighted by Crippen LogP contribution is -2.22. The first-order valence-corrected chi connectivity index (χ1v) is 8.60. The summed E-state index contributed by atoms with van der Waals surface area (Å²) in [5.74, 6) is -0.503.